The molecular formula is C23H21N5O. The van der Waals surface area contributed by atoms with E-state index in [2.05, 4.69) is 33.4 Å². The highest BCUT2D eigenvalue weighted by molar-refractivity contribution is 5.92. The number of nitrogens with zero attached hydrogens (tertiary/aromatic N) is 4. The zero-order valence-electron chi connectivity index (χ0n) is 16.0. The first-order valence-corrected chi connectivity index (χ1v) is 9.55. The Hall–Kier alpha value is -3.85. The molecule has 2 aromatic carbocycles. The highest BCUT2D eigenvalue weighted by atomic mass is 16.2. The highest BCUT2D eigenvalue weighted by Gasteiger charge is 2.23. The number of benzene rings is 2. The molecule has 1 saturated heterocycles. The lowest BCUT2D eigenvalue weighted by Gasteiger charge is -2.36. The number of hydrogen-bond donors (Lipinski definition) is 1. The summed E-state index contributed by atoms with van der Waals surface area (Å²) in [7, 11) is 0. The summed E-state index contributed by atoms with van der Waals surface area (Å²) in [5, 5.41) is 12.1. The number of carbonyl (C=O) groups is 1. The summed E-state index contributed by atoms with van der Waals surface area (Å²) in [4.78, 5) is 21.3. The van der Waals surface area contributed by atoms with Crippen LogP contribution >= 0.6 is 0 Å². The van der Waals surface area contributed by atoms with Crippen molar-refractivity contribution >= 4 is 23.0 Å². The number of carbonyl (C=O) groups excluding carboxylic acids is 1. The van der Waals surface area contributed by atoms with Crippen molar-refractivity contribution < 1.29 is 4.79 Å². The van der Waals surface area contributed by atoms with E-state index >= 15 is 0 Å². The van der Waals surface area contributed by atoms with Crippen molar-refractivity contribution in [2.24, 2.45) is 0 Å². The van der Waals surface area contributed by atoms with Crippen LogP contribution in [0.25, 0.3) is 0 Å². The van der Waals surface area contributed by atoms with Crippen molar-refractivity contribution in [3.05, 3.63) is 84.2 Å². The largest absolute Gasteiger partial charge is 0.368 e. The quantitative estimate of drug-likeness (QED) is 0.744. The van der Waals surface area contributed by atoms with E-state index in [0.717, 1.165) is 24.5 Å². The van der Waals surface area contributed by atoms with E-state index in [9.17, 15) is 4.79 Å². The molecular weight excluding hydrogens is 362 g/mol. The van der Waals surface area contributed by atoms with E-state index in [4.69, 9.17) is 5.26 Å². The number of nitriles is 1. The summed E-state index contributed by atoms with van der Waals surface area (Å²) in [5.41, 5.74) is 3.91. The molecule has 6 heteroatoms. The van der Waals surface area contributed by atoms with Crippen LogP contribution in [0, 0.1) is 11.3 Å². The van der Waals surface area contributed by atoms with Crippen molar-refractivity contribution in [3.8, 4) is 6.07 Å². The molecule has 1 N–H and O–H groups in total. The first-order valence-electron chi connectivity index (χ1n) is 9.55. The molecule has 3 aromatic rings. The van der Waals surface area contributed by atoms with Crippen LogP contribution in [-0.2, 0) is 0 Å². The zero-order valence-corrected chi connectivity index (χ0v) is 16.0. The van der Waals surface area contributed by atoms with Gasteiger partial charge in [-0.05, 0) is 48.5 Å². The van der Waals surface area contributed by atoms with Gasteiger partial charge in [-0.15, -0.1) is 0 Å². The van der Waals surface area contributed by atoms with Crippen LogP contribution < -0.4 is 10.2 Å². The average molecular weight is 383 g/mol. The molecule has 0 spiro atoms. The van der Waals surface area contributed by atoms with Crippen LogP contribution in [-0.4, -0.2) is 42.0 Å². The van der Waals surface area contributed by atoms with Gasteiger partial charge >= 0.3 is 0 Å². The Morgan fingerprint density at radius 1 is 0.897 bits per heavy atom. The summed E-state index contributed by atoms with van der Waals surface area (Å²) in [6, 6.07) is 23.1. The van der Waals surface area contributed by atoms with Crippen LogP contribution in [0.15, 0.2) is 72.9 Å². The SMILES string of the molecule is N#Cc1ccc(Nc2ccc(C(=O)N3CCN(c4ccccc4)CC3)nc2)cc1. The highest BCUT2D eigenvalue weighted by Crippen LogP contribution is 2.19. The average Bonchev–Trinajstić information content (AvgIpc) is 2.80. The number of rotatable bonds is 4. The van der Waals surface area contributed by atoms with Gasteiger partial charge in [0.25, 0.3) is 5.91 Å². The molecule has 1 aliphatic rings. The van der Waals surface area contributed by atoms with Crippen molar-refractivity contribution in [1.82, 2.24) is 9.88 Å². The predicted molar refractivity (Wildman–Crippen MR) is 113 cm³/mol. The van der Waals surface area contributed by atoms with E-state index in [0.29, 0.717) is 24.3 Å². The number of pyridine rings is 1. The molecule has 1 aliphatic heterocycles. The fourth-order valence-electron chi connectivity index (χ4n) is 3.36. The second kappa shape index (κ2) is 8.44. The van der Waals surface area contributed by atoms with Crippen molar-refractivity contribution in [3.63, 3.8) is 0 Å². The Morgan fingerprint density at radius 2 is 1.59 bits per heavy atom. The maximum Gasteiger partial charge on any atom is 0.272 e. The topological polar surface area (TPSA) is 72.3 Å². The maximum atomic E-state index is 12.8. The van der Waals surface area contributed by atoms with Gasteiger partial charge in [0.15, 0.2) is 0 Å². The molecule has 2 heterocycles. The number of para-hydroxylation sites is 1. The molecule has 144 valence electrons. The van der Waals surface area contributed by atoms with E-state index in [1.54, 1.807) is 24.4 Å². The maximum absolute atomic E-state index is 12.8. The molecule has 0 radical (unpaired) electrons. The normalized spacial score (nSPS) is 13.6. The first kappa shape index (κ1) is 18.5. The van der Waals surface area contributed by atoms with Gasteiger partial charge in [0.2, 0.25) is 0 Å². The number of amides is 1. The summed E-state index contributed by atoms with van der Waals surface area (Å²) in [6.45, 7) is 2.99. The van der Waals surface area contributed by atoms with Crippen LogP contribution in [0.2, 0.25) is 0 Å². The molecule has 4 rings (SSSR count). The minimum atomic E-state index is -0.0392. The Kier molecular flexibility index (Phi) is 5.39. The van der Waals surface area contributed by atoms with Gasteiger partial charge in [0.1, 0.15) is 5.69 Å². The lowest BCUT2D eigenvalue weighted by Crippen LogP contribution is -2.49. The summed E-state index contributed by atoms with van der Waals surface area (Å²) < 4.78 is 0. The van der Waals surface area contributed by atoms with Crippen molar-refractivity contribution in [2.75, 3.05) is 36.4 Å². The molecule has 0 saturated carbocycles. The number of hydrogen-bond acceptors (Lipinski definition) is 5. The third-order valence-corrected chi connectivity index (χ3v) is 4.97. The monoisotopic (exact) mass is 383 g/mol. The molecule has 0 aliphatic carbocycles. The van der Waals surface area contributed by atoms with Gasteiger partial charge < -0.3 is 15.1 Å². The Labute approximate surface area is 170 Å². The van der Waals surface area contributed by atoms with Crippen molar-refractivity contribution in [1.29, 1.82) is 5.26 Å². The summed E-state index contributed by atoms with van der Waals surface area (Å²) in [5.74, 6) is -0.0392. The summed E-state index contributed by atoms with van der Waals surface area (Å²) in [6.07, 6.45) is 1.66. The number of aromatic nitrogens is 1. The van der Waals surface area contributed by atoms with Crippen LogP contribution in [0.1, 0.15) is 16.1 Å². The predicted octanol–water partition coefficient (Wildman–Crippen LogP) is 3.66. The summed E-state index contributed by atoms with van der Waals surface area (Å²) >= 11 is 0. The second-order valence-corrected chi connectivity index (χ2v) is 6.86. The van der Waals surface area contributed by atoms with E-state index < -0.39 is 0 Å². The fourth-order valence-corrected chi connectivity index (χ4v) is 3.36. The van der Waals surface area contributed by atoms with Gasteiger partial charge in [-0.2, -0.15) is 5.26 Å². The second-order valence-electron chi connectivity index (χ2n) is 6.86. The molecule has 1 fully saturated rings. The minimum absolute atomic E-state index is 0.0392. The molecule has 1 amide bonds. The Morgan fingerprint density at radius 3 is 2.21 bits per heavy atom. The van der Waals surface area contributed by atoms with E-state index in [1.165, 1.54) is 5.69 Å². The third kappa shape index (κ3) is 4.36. The molecule has 0 bridgehead atoms. The molecule has 29 heavy (non-hydrogen) atoms. The first-order chi connectivity index (χ1) is 14.2. The van der Waals surface area contributed by atoms with Crippen LogP contribution in [0.3, 0.4) is 0 Å². The Bertz CT molecular complexity index is 1000. The van der Waals surface area contributed by atoms with Gasteiger partial charge in [-0.3, -0.25) is 4.79 Å². The molecule has 1 aromatic heterocycles. The van der Waals surface area contributed by atoms with Crippen molar-refractivity contribution in [2.45, 2.75) is 0 Å². The standard InChI is InChI=1S/C23H21N5O/c24-16-18-6-8-19(9-7-18)26-20-10-11-22(25-17-20)23(29)28-14-12-27(13-15-28)21-4-2-1-3-5-21/h1-11,17,26H,12-15H2. The van der Waals surface area contributed by atoms with Crippen LogP contribution in [0.4, 0.5) is 17.1 Å². The van der Waals surface area contributed by atoms with Gasteiger partial charge in [-0.25, -0.2) is 4.98 Å². The van der Waals surface area contributed by atoms with E-state index in [-0.39, 0.29) is 5.91 Å². The zero-order chi connectivity index (χ0) is 20.1. The number of nitrogens with one attached hydrogen (secondary N) is 1. The van der Waals surface area contributed by atoms with Crippen LogP contribution in [0.5, 0.6) is 0 Å². The molecule has 0 atom stereocenters. The minimum Gasteiger partial charge on any atom is -0.368 e. The lowest BCUT2D eigenvalue weighted by atomic mass is 10.2. The van der Waals surface area contributed by atoms with E-state index in [1.807, 2.05) is 41.3 Å². The molecule has 0 unspecified atom stereocenters. The number of anilines is 3. The third-order valence-electron chi connectivity index (χ3n) is 4.97. The fraction of sp³-hybridized carbons (Fsp3) is 0.174. The lowest BCUT2D eigenvalue weighted by molar-refractivity contribution is 0.0741. The Balaban J connectivity index is 1.35. The van der Waals surface area contributed by atoms with Gasteiger partial charge in [0.05, 0.1) is 23.5 Å². The van der Waals surface area contributed by atoms with Gasteiger partial charge in [0, 0.05) is 37.6 Å². The molecule has 6 nitrogen and oxygen atoms in total. The van der Waals surface area contributed by atoms with Gasteiger partial charge in [-0.1, -0.05) is 18.2 Å². The smallest absolute Gasteiger partial charge is 0.272 e. The number of piperazine rings is 1.